The molecule has 5 N–H and O–H groups in total. The number of urea groups is 1. The van der Waals surface area contributed by atoms with E-state index in [1.165, 1.54) is 17.0 Å². The van der Waals surface area contributed by atoms with Crippen LogP contribution < -0.4 is 16.0 Å². The molecule has 2 aromatic carbocycles. The lowest BCUT2D eigenvalue weighted by Crippen LogP contribution is -2.57. The number of aliphatic imine (C=N–C) groups is 1. The van der Waals surface area contributed by atoms with E-state index in [4.69, 9.17) is 0 Å². The molecule has 4 rings (SSSR count). The Kier molecular flexibility index (Phi) is 13.3. The first-order valence-corrected chi connectivity index (χ1v) is 17.3. The summed E-state index contributed by atoms with van der Waals surface area (Å²) in [4.78, 5) is 60.1. The van der Waals surface area contributed by atoms with Crippen LogP contribution in [0.2, 0.25) is 0 Å². The molecule has 51 heavy (non-hydrogen) atoms. The number of nitrogens with zero attached hydrogens (tertiary/aromatic N) is 3. The lowest BCUT2D eigenvalue weighted by molar-refractivity contribution is -0.457. The van der Waals surface area contributed by atoms with Crippen LogP contribution in [0.3, 0.4) is 0 Å². The topological polar surface area (TPSA) is 173 Å². The molecule has 0 unspecified atom stereocenters. The second-order valence-electron chi connectivity index (χ2n) is 14.1. The van der Waals surface area contributed by atoms with Gasteiger partial charge in [-0.25, -0.2) is 4.79 Å². The Morgan fingerprint density at radius 1 is 0.863 bits per heavy atom. The Labute approximate surface area is 299 Å². The van der Waals surface area contributed by atoms with E-state index in [2.05, 4.69) is 25.9 Å². The number of benzene rings is 2. The maximum atomic E-state index is 14.0. The summed E-state index contributed by atoms with van der Waals surface area (Å²) in [7, 11) is 0. The largest absolute Gasteiger partial charge is 0.540 e. The summed E-state index contributed by atoms with van der Waals surface area (Å²) in [5.74, 6) is -1.17. The number of carboxylic acid groups (broad SMARTS) is 1. The third kappa shape index (κ3) is 10.9. The predicted molar refractivity (Wildman–Crippen MR) is 196 cm³/mol. The van der Waals surface area contributed by atoms with Gasteiger partial charge in [0, 0.05) is 23.7 Å². The first kappa shape index (κ1) is 38.6. The fourth-order valence-electron chi connectivity index (χ4n) is 6.17. The van der Waals surface area contributed by atoms with Crippen LogP contribution in [0.4, 0.5) is 9.59 Å². The molecule has 3 aromatic rings. The second-order valence-corrected chi connectivity index (χ2v) is 14.1. The molecule has 12 heteroatoms. The molecule has 0 fully saturated rings. The van der Waals surface area contributed by atoms with Crippen LogP contribution in [-0.4, -0.2) is 86.4 Å². The van der Waals surface area contributed by atoms with Crippen molar-refractivity contribution in [1.82, 2.24) is 20.9 Å². The van der Waals surface area contributed by atoms with Crippen LogP contribution in [0.25, 0.3) is 11.3 Å². The summed E-state index contributed by atoms with van der Waals surface area (Å²) in [5.41, 5.74) is 2.72. The van der Waals surface area contributed by atoms with E-state index < -0.39 is 59.6 Å². The number of amides is 5. The van der Waals surface area contributed by atoms with Gasteiger partial charge in [-0.1, -0.05) is 95.3 Å². The Hall–Kier alpha value is -5.23. The van der Waals surface area contributed by atoms with Crippen LogP contribution in [0.5, 0.6) is 0 Å². The monoisotopic (exact) mass is 697 g/mol. The maximum absolute atomic E-state index is 14.0. The highest BCUT2D eigenvalue weighted by atomic mass is 16.4. The average molecular weight is 698 g/mol. The zero-order valence-electron chi connectivity index (χ0n) is 29.8. The van der Waals surface area contributed by atoms with Gasteiger partial charge in [-0.3, -0.25) is 14.6 Å². The summed E-state index contributed by atoms with van der Waals surface area (Å²) in [5, 5.41) is 29.8. The lowest BCUT2D eigenvalue weighted by atomic mass is 9.85. The van der Waals surface area contributed by atoms with Crippen molar-refractivity contribution in [2.45, 2.75) is 90.6 Å². The molecule has 1 aromatic heterocycles. The molecule has 5 amide bonds. The van der Waals surface area contributed by atoms with E-state index in [0.717, 1.165) is 22.4 Å². The quantitative estimate of drug-likeness (QED) is 0.136. The van der Waals surface area contributed by atoms with Gasteiger partial charge in [-0.05, 0) is 59.4 Å². The van der Waals surface area contributed by atoms with Gasteiger partial charge < -0.3 is 26.2 Å². The van der Waals surface area contributed by atoms with Gasteiger partial charge >= 0.3 is 12.1 Å². The molecule has 0 bridgehead atoms. The second kappa shape index (κ2) is 17.6. The number of aliphatic hydroxyl groups is 1. The number of nitrogens with one attached hydrogen (secondary N) is 3. The normalized spacial score (nSPS) is 16.3. The number of hydrogen-bond acceptors (Lipinski definition) is 6. The van der Waals surface area contributed by atoms with Crippen LogP contribution in [-0.2, 0) is 22.4 Å². The SMILES string of the molecule is CC[C@H](C)[C@@H](C(=O)N[C@@H](Cc1ccccc1)[C@@H](O)C[C@@H](Cc1ccc(-c2ccccn2)cc1)NC(=O)[C@@H](NC(=O)O)C(C)(C)C)[N+]1=CC=NC1=O. The van der Waals surface area contributed by atoms with E-state index >= 15 is 0 Å². The van der Waals surface area contributed by atoms with Gasteiger partial charge in [0.2, 0.25) is 5.91 Å². The van der Waals surface area contributed by atoms with E-state index in [-0.39, 0.29) is 18.8 Å². The van der Waals surface area contributed by atoms with Crippen molar-refractivity contribution in [1.29, 1.82) is 0 Å². The van der Waals surface area contributed by atoms with Crippen molar-refractivity contribution in [2.24, 2.45) is 16.3 Å². The fourth-order valence-corrected chi connectivity index (χ4v) is 6.17. The minimum Gasteiger partial charge on any atom is -0.465 e. The molecule has 0 radical (unpaired) electrons. The van der Waals surface area contributed by atoms with Gasteiger partial charge in [0.15, 0.2) is 12.3 Å². The van der Waals surface area contributed by atoms with Gasteiger partial charge in [0.25, 0.3) is 5.91 Å². The molecule has 270 valence electrons. The summed E-state index contributed by atoms with van der Waals surface area (Å²) in [6.07, 6.45) is 3.33. The lowest BCUT2D eigenvalue weighted by Gasteiger charge is -2.33. The number of rotatable bonds is 16. The minimum atomic E-state index is -1.33. The molecular formula is C39H49N6O6+. The number of hydrogen-bond donors (Lipinski definition) is 5. The number of carbonyl (C=O) groups is 4. The number of pyridine rings is 1. The predicted octanol–water partition coefficient (Wildman–Crippen LogP) is 4.64. The molecule has 1 aliphatic heterocycles. The third-order valence-electron chi connectivity index (χ3n) is 9.14. The first-order chi connectivity index (χ1) is 24.3. The Bertz CT molecular complexity index is 1710. The van der Waals surface area contributed by atoms with Crippen molar-refractivity contribution in [3.05, 3.63) is 90.1 Å². The van der Waals surface area contributed by atoms with Crippen LogP contribution in [0.15, 0.2) is 84.0 Å². The fraction of sp³-hybridized carbons (Fsp3) is 0.410. The van der Waals surface area contributed by atoms with Crippen molar-refractivity contribution in [3.8, 4) is 11.3 Å². The van der Waals surface area contributed by atoms with Crippen LogP contribution >= 0.6 is 0 Å². The Balaban J connectivity index is 1.64. The summed E-state index contributed by atoms with van der Waals surface area (Å²) < 4.78 is 1.31. The molecule has 2 heterocycles. The molecule has 0 spiro atoms. The standard InChI is InChI=1S/C39H48N6O6/c1-6-25(2)33(45-21-20-41-37(45)49)35(47)43-31(23-26-12-8-7-9-13-26)32(46)24-29(42-36(48)34(39(3,4)5)44-38(50)51)22-27-15-17-28(18-16-27)30-14-10-11-19-40-30/h7-21,25,29,31-34,44,46H,6,22-24H2,1-5H3,(H2-,42,43,47,48,50,51)/p+1/t25-,29+,31-,32-,33-,34+/m0/s1. The smallest absolute Gasteiger partial charge is 0.465 e. The van der Waals surface area contributed by atoms with E-state index in [9.17, 15) is 29.4 Å². The highest BCUT2D eigenvalue weighted by Gasteiger charge is 2.40. The molecule has 1 aliphatic rings. The highest BCUT2D eigenvalue weighted by Crippen LogP contribution is 2.23. The van der Waals surface area contributed by atoms with E-state index in [1.54, 1.807) is 27.0 Å². The first-order valence-electron chi connectivity index (χ1n) is 17.3. The van der Waals surface area contributed by atoms with Crippen molar-refractivity contribution in [2.75, 3.05) is 0 Å². The average Bonchev–Trinajstić information content (AvgIpc) is 3.52. The number of aromatic nitrogens is 1. The molecule has 0 saturated heterocycles. The van der Waals surface area contributed by atoms with Crippen molar-refractivity contribution in [3.63, 3.8) is 0 Å². The van der Waals surface area contributed by atoms with E-state index in [1.807, 2.05) is 86.6 Å². The van der Waals surface area contributed by atoms with Gasteiger partial charge in [0.05, 0.1) is 17.8 Å². The summed E-state index contributed by atoms with van der Waals surface area (Å²) >= 11 is 0. The zero-order valence-corrected chi connectivity index (χ0v) is 29.8. The molecule has 12 nitrogen and oxygen atoms in total. The van der Waals surface area contributed by atoms with Gasteiger partial charge in [0.1, 0.15) is 12.3 Å². The van der Waals surface area contributed by atoms with Crippen molar-refractivity contribution < 1.29 is 34.0 Å². The molecule has 0 aliphatic carbocycles. The Morgan fingerprint density at radius 3 is 2.10 bits per heavy atom. The highest BCUT2D eigenvalue weighted by molar-refractivity contribution is 6.20. The third-order valence-corrected chi connectivity index (χ3v) is 9.14. The summed E-state index contributed by atoms with van der Waals surface area (Å²) in [6, 6.07) is 18.9. The zero-order chi connectivity index (χ0) is 37.1. The molecular weight excluding hydrogens is 648 g/mol. The number of aliphatic hydroxyl groups excluding tert-OH is 1. The minimum absolute atomic E-state index is 0.0291. The van der Waals surface area contributed by atoms with Crippen LogP contribution in [0.1, 0.15) is 58.6 Å². The Morgan fingerprint density at radius 2 is 1.53 bits per heavy atom. The maximum Gasteiger partial charge on any atom is 0.540 e. The molecule has 6 atom stereocenters. The van der Waals surface area contributed by atoms with Crippen molar-refractivity contribution >= 4 is 36.4 Å². The number of carbonyl (C=O) groups excluding carboxylic acids is 3. The van der Waals surface area contributed by atoms with E-state index in [0.29, 0.717) is 12.8 Å². The van der Waals surface area contributed by atoms with Gasteiger partial charge in [-0.2, -0.15) is 9.37 Å². The summed E-state index contributed by atoms with van der Waals surface area (Å²) in [6.45, 7) is 9.11. The molecule has 0 saturated carbocycles. The van der Waals surface area contributed by atoms with Crippen LogP contribution in [0, 0.1) is 11.3 Å². The van der Waals surface area contributed by atoms with Gasteiger partial charge in [-0.15, -0.1) is 0 Å².